The lowest BCUT2D eigenvalue weighted by Crippen LogP contribution is -2.38. The first-order valence-electron chi connectivity index (χ1n) is 14.6. The largest absolute Gasteiger partial charge is 0.392 e. The van der Waals surface area contributed by atoms with Gasteiger partial charge in [0, 0.05) is 80.1 Å². The molecular formula is C33H35N5O3. The van der Waals surface area contributed by atoms with Crippen LogP contribution in [0.4, 0.5) is 5.69 Å². The van der Waals surface area contributed by atoms with Gasteiger partial charge in [0.15, 0.2) is 0 Å². The van der Waals surface area contributed by atoms with Crippen molar-refractivity contribution in [1.82, 2.24) is 19.4 Å². The minimum absolute atomic E-state index is 0.00544. The molecule has 7 rings (SSSR count). The summed E-state index contributed by atoms with van der Waals surface area (Å²) in [5, 5.41) is 14.0. The number of hydrogen-bond acceptors (Lipinski definition) is 5. The Morgan fingerprint density at radius 3 is 2.78 bits per heavy atom. The molecule has 8 heteroatoms. The Balaban J connectivity index is 1.24. The van der Waals surface area contributed by atoms with Crippen LogP contribution in [0.15, 0.2) is 53.6 Å². The number of nitrogens with one attached hydrogen (secondary N) is 1. The van der Waals surface area contributed by atoms with E-state index in [4.69, 9.17) is 0 Å². The Morgan fingerprint density at radius 2 is 1.90 bits per heavy atom. The fourth-order valence-corrected chi connectivity index (χ4v) is 6.88. The van der Waals surface area contributed by atoms with Crippen molar-refractivity contribution in [3.8, 4) is 11.1 Å². The summed E-state index contributed by atoms with van der Waals surface area (Å²) in [5.41, 5.74) is 10.2. The molecule has 8 nitrogen and oxygen atoms in total. The van der Waals surface area contributed by atoms with Gasteiger partial charge in [-0.3, -0.25) is 14.6 Å². The second kappa shape index (κ2) is 10.4. The van der Waals surface area contributed by atoms with Crippen LogP contribution >= 0.6 is 0 Å². The maximum atomic E-state index is 13.8. The monoisotopic (exact) mass is 549 g/mol. The number of amides is 1. The van der Waals surface area contributed by atoms with Gasteiger partial charge in [0.1, 0.15) is 0 Å². The molecule has 1 amide bonds. The molecule has 0 radical (unpaired) electrons. The Bertz CT molecular complexity index is 1730. The first kappa shape index (κ1) is 25.9. The molecular weight excluding hydrogens is 514 g/mol. The first-order chi connectivity index (χ1) is 20.0. The van der Waals surface area contributed by atoms with E-state index < -0.39 is 0 Å². The second-order valence-electron chi connectivity index (χ2n) is 11.5. The van der Waals surface area contributed by atoms with E-state index in [1.54, 1.807) is 11.6 Å². The van der Waals surface area contributed by atoms with Crippen molar-refractivity contribution in [2.24, 2.45) is 7.05 Å². The van der Waals surface area contributed by atoms with Crippen LogP contribution in [0, 0.1) is 0 Å². The first-order valence-corrected chi connectivity index (χ1v) is 14.6. The van der Waals surface area contributed by atoms with Gasteiger partial charge in [-0.05, 0) is 78.7 Å². The highest BCUT2D eigenvalue weighted by Gasteiger charge is 2.32. The molecule has 0 atom stereocenters. The van der Waals surface area contributed by atoms with E-state index in [1.807, 2.05) is 41.6 Å². The lowest BCUT2D eigenvalue weighted by Gasteiger charge is -2.30. The summed E-state index contributed by atoms with van der Waals surface area (Å²) in [6.45, 7) is 3.12. The molecule has 0 bridgehead atoms. The van der Waals surface area contributed by atoms with E-state index in [1.165, 1.54) is 23.2 Å². The number of carbonyl (C=O) groups is 1. The van der Waals surface area contributed by atoms with Gasteiger partial charge < -0.3 is 24.5 Å². The van der Waals surface area contributed by atoms with Crippen LogP contribution in [0.2, 0.25) is 0 Å². The number of pyridine rings is 2. The number of aliphatic hydroxyl groups is 1. The summed E-state index contributed by atoms with van der Waals surface area (Å²) < 4.78 is 3.94. The van der Waals surface area contributed by atoms with Crippen LogP contribution < -0.4 is 15.8 Å². The number of aryl methyl sites for hydroxylation is 2. The fourth-order valence-electron chi connectivity index (χ4n) is 6.88. The third-order valence-electron chi connectivity index (χ3n) is 8.97. The third-order valence-corrected chi connectivity index (χ3v) is 8.97. The summed E-state index contributed by atoms with van der Waals surface area (Å²) >= 11 is 0. The van der Waals surface area contributed by atoms with Crippen LogP contribution in [-0.4, -0.2) is 38.2 Å². The molecule has 0 unspecified atom stereocenters. The van der Waals surface area contributed by atoms with Crippen molar-refractivity contribution in [3.05, 3.63) is 104 Å². The van der Waals surface area contributed by atoms with Crippen LogP contribution in [0.25, 0.3) is 11.1 Å². The lowest BCUT2D eigenvalue weighted by atomic mass is 9.95. The van der Waals surface area contributed by atoms with Crippen molar-refractivity contribution in [2.75, 3.05) is 18.0 Å². The molecule has 6 heterocycles. The fraction of sp³-hybridized carbons (Fsp3) is 0.364. The van der Waals surface area contributed by atoms with Gasteiger partial charge >= 0.3 is 0 Å². The van der Waals surface area contributed by atoms with E-state index in [-0.39, 0.29) is 18.1 Å². The molecule has 3 aromatic heterocycles. The third kappa shape index (κ3) is 4.51. The molecule has 3 aliphatic heterocycles. The molecule has 0 saturated carbocycles. The Kier molecular flexibility index (Phi) is 6.60. The zero-order chi connectivity index (χ0) is 28.1. The van der Waals surface area contributed by atoms with Crippen molar-refractivity contribution < 1.29 is 9.90 Å². The molecule has 2 N–H and O–H groups in total. The minimum Gasteiger partial charge on any atom is -0.392 e. The van der Waals surface area contributed by atoms with Crippen LogP contribution in [0.5, 0.6) is 0 Å². The van der Waals surface area contributed by atoms with Gasteiger partial charge in [-0.2, -0.15) is 0 Å². The standard InChI is InChI=1S/C33H35N5O3/c1-36-19-24(13-22(32(36)40)14-25-15-23-17-34-10-8-21(23)18-35-25)27-6-4-7-30(29(27)20-39)38-12-9-31-28(33(38)41)16-26-5-2-3-11-37(26)31/h4,6-7,13,15-16,18-19,34,39H,2-3,5,8-12,14,17,20H2,1H3. The van der Waals surface area contributed by atoms with Crippen LogP contribution in [-0.2, 0) is 52.4 Å². The van der Waals surface area contributed by atoms with E-state index in [0.717, 1.165) is 79.1 Å². The number of rotatable bonds is 5. The molecule has 210 valence electrons. The smallest absolute Gasteiger partial charge is 0.260 e. The maximum Gasteiger partial charge on any atom is 0.260 e. The SMILES string of the molecule is Cn1cc(-c2cccc(N3CCc4c(cc5n4CCCC5)C3=O)c2CO)cc(Cc2cc3c(cn2)CCNC3)c1=O. The number of benzene rings is 1. The topological polar surface area (TPSA) is 92.4 Å². The van der Waals surface area contributed by atoms with E-state index >= 15 is 0 Å². The van der Waals surface area contributed by atoms with Crippen LogP contribution in [0.3, 0.4) is 0 Å². The summed E-state index contributed by atoms with van der Waals surface area (Å²) in [7, 11) is 1.76. The molecule has 0 spiro atoms. The zero-order valence-corrected chi connectivity index (χ0v) is 23.4. The summed E-state index contributed by atoms with van der Waals surface area (Å²) in [5.74, 6) is -0.00544. The number of aliphatic hydroxyl groups excluding tert-OH is 1. The average molecular weight is 550 g/mol. The molecule has 0 fully saturated rings. The van der Waals surface area contributed by atoms with Crippen molar-refractivity contribution in [1.29, 1.82) is 0 Å². The number of nitrogens with zero attached hydrogens (tertiary/aromatic N) is 4. The van der Waals surface area contributed by atoms with Crippen molar-refractivity contribution >= 4 is 11.6 Å². The Morgan fingerprint density at radius 1 is 1.00 bits per heavy atom. The molecule has 0 aliphatic carbocycles. The molecule has 0 saturated heterocycles. The van der Waals surface area contributed by atoms with E-state index in [0.29, 0.717) is 24.1 Å². The molecule has 1 aromatic carbocycles. The zero-order valence-electron chi connectivity index (χ0n) is 23.4. The van der Waals surface area contributed by atoms with E-state index in [9.17, 15) is 14.7 Å². The number of aromatic nitrogens is 3. The maximum absolute atomic E-state index is 13.8. The predicted molar refractivity (Wildman–Crippen MR) is 158 cm³/mol. The van der Waals surface area contributed by atoms with Gasteiger partial charge in [-0.15, -0.1) is 0 Å². The number of hydrogen-bond donors (Lipinski definition) is 2. The van der Waals surface area contributed by atoms with Gasteiger partial charge in [0.2, 0.25) is 0 Å². The highest BCUT2D eigenvalue weighted by atomic mass is 16.3. The minimum atomic E-state index is -0.216. The average Bonchev–Trinajstić information content (AvgIpc) is 3.39. The second-order valence-corrected chi connectivity index (χ2v) is 11.5. The highest BCUT2D eigenvalue weighted by molar-refractivity contribution is 6.09. The van der Waals surface area contributed by atoms with Gasteiger partial charge in [0.25, 0.3) is 11.5 Å². The Labute approximate surface area is 239 Å². The number of anilines is 1. The normalized spacial score (nSPS) is 16.3. The summed E-state index contributed by atoms with van der Waals surface area (Å²) in [6.07, 6.45) is 9.28. The number of carbonyl (C=O) groups excluding carboxylic acids is 1. The van der Waals surface area contributed by atoms with Gasteiger partial charge in [-0.1, -0.05) is 12.1 Å². The molecule has 41 heavy (non-hydrogen) atoms. The quantitative estimate of drug-likeness (QED) is 0.398. The van der Waals surface area contributed by atoms with Crippen molar-refractivity contribution in [2.45, 2.75) is 58.2 Å². The lowest BCUT2D eigenvalue weighted by molar-refractivity contribution is 0.0979. The van der Waals surface area contributed by atoms with Gasteiger partial charge in [-0.25, -0.2) is 0 Å². The predicted octanol–water partition coefficient (Wildman–Crippen LogP) is 3.52. The molecule has 3 aliphatic rings. The Hall–Kier alpha value is -4.01. The van der Waals surface area contributed by atoms with E-state index in [2.05, 4.69) is 27.0 Å². The summed E-state index contributed by atoms with van der Waals surface area (Å²) in [6, 6.07) is 11.9. The van der Waals surface area contributed by atoms with Gasteiger partial charge in [0.05, 0.1) is 17.9 Å². The summed E-state index contributed by atoms with van der Waals surface area (Å²) in [4.78, 5) is 33.4. The molecule has 4 aromatic rings. The number of fused-ring (bicyclic) bond motifs is 4. The highest BCUT2D eigenvalue weighted by Crippen LogP contribution is 2.36. The van der Waals surface area contributed by atoms with Crippen molar-refractivity contribution in [3.63, 3.8) is 0 Å². The van der Waals surface area contributed by atoms with Crippen LogP contribution in [0.1, 0.15) is 62.5 Å².